The molecule has 0 aliphatic heterocycles. The van der Waals surface area contributed by atoms with E-state index in [0.29, 0.717) is 70.2 Å². The van der Waals surface area contributed by atoms with Crippen LogP contribution in [0.15, 0.2) is 146 Å². The van der Waals surface area contributed by atoms with Gasteiger partial charge in [0.2, 0.25) is 19.0 Å². The van der Waals surface area contributed by atoms with E-state index >= 15 is 0 Å². The monoisotopic (exact) mass is 1020 g/mol. The molecular weight excluding hydrogens is 969 g/mol. The standard InChI is InChI=1S/C56H49Cl6N6/c1-36-48(30-66-33-63(51(57)53(66)59)27-25-42-19-10-16-39-13-4-7-22-45(39)42)37(2)50(32-68-35-65(55(61)56(68)62)29-44-21-12-18-41-15-6-9-24-47(41)44)38(3)49(36)31-67-34-64(52(58)54(67)60)28-26-43-20-11-17-40-14-5-8-23-46(40)43/h4-24,33-35H,25-32H2,1-3H3/q+3. The second kappa shape index (κ2) is 19.6. The minimum atomic E-state index is 0.467. The third-order valence-electron chi connectivity index (χ3n) is 13.8. The molecule has 0 saturated carbocycles. The van der Waals surface area contributed by atoms with Gasteiger partial charge in [0.05, 0.1) is 13.1 Å². The molecule has 68 heavy (non-hydrogen) atoms. The first-order valence-corrected chi connectivity index (χ1v) is 25.0. The van der Waals surface area contributed by atoms with Crippen molar-refractivity contribution in [3.05, 3.63) is 227 Å². The number of aromatic nitrogens is 6. The molecule has 0 spiro atoms. The number of aryl methyl sites for hydroxylation is 4. The van der Waals surface area contributed by atoms with E-state index in [0.717, 1.165) is 51.8 Å². The van der Waals surface area contributed by atoms with Crippen LogP contribution in [0.5, 0.6) is 0 Å². The number of halogens is 6. The van der Waals surface area contributed by atoms with Crippen LogP contribution in [0.25, 0.3) is 32.3 Å². The minimum absolute atomic E-state index is 0.467. The highest BCUT2D eigenvalue weighted by molar-refractivity contribution is 6.40. The first-order chi connectivity index (χ1) is 32.9. The molecule has 0 bridgehead atoms. The number of fused-ring (bicyclic) bond motifs is 3. The molecule has 7 aromatic carbocycles. The van der Waals surface area contributed by atoms with E-state index < -0.39 is 0 Å². The Morgan fingerprint density at radius 3 is 1.16 bits per heavy atom. The highest BCUT2D eigenvalue weighted by atomic mass is 35.5. The van der Waals surface area contributed by atoms with Gasteiger partial charge in [-0.3, -0.25) is 0 Å². The quantitative estimate of drug-likeness (QED) is 0.0971. The van der Waals surface area contributed by atoms with Crippen molar-refractivity contribution in [2.45, 2.75) is 72.9 Å². The fourth-order valence-electron chi connectivity index (χ4n) is 10.0. The smallest absolute Gasteiger partial charge is 0.219 e. The molecule has 6 nitrogen and oxygen atoms in total. The summed E-state index contributed by atoms with van der Waals surface area (Å²) in [6, 6.07) is 44.6. The Morgan fingerprint density at radius 1 is 0.368 bits per heavy atom. The van der Waals surface area contributed by atoms with Gasteiger partial charge in [-0.1, -0.05) is 127 Å². The van der Waals surface area contributed by atoms with E-state index in [1.807, 2.05) is 46.4 Å². The molecule has 0 unspecified atom stereocenters. The Bertz CT molecular complexity index is 3370. The van der Waals surface area contributed by atoms with E-state index in [-0.39, 0.29) is 0 Å². The van der Waals surface area contributed by atoms with Crippen LogP contribution in [0, 0.1) is 20.8 Å². The summed E-state index contributed by atoms with van der Waals surface area (Å²) >= 11 is 42.6. The van der Waals surface area contributed by atoms with Crippen molar-refractivity contribution in [2.75, 3.05) is 0 Å². The van der Waals surface area contributed by atoms with Crippen LogP contribution >= 0.6 is 69.6 Å². The molecule has 0 atom stereocenters. The van der Waals surface area contributed by atoms with Crippen LogP contribution in [0.3, 0.4) is 0 Å². The minimum Gasteiger partial charge on any atom is -0.219 e. The van der Waals surface area contributed by atoms with Gasteiger partial charge in [-0.25, -0.2) is 27.4 Å². The molecule has 0 aliphatic carbocycles. The van der Waals surface area contributed by atoms with Gasteiger partial charge in [-0.05, 0) is 151 Å². The highest BCUT2D eigenvalue weighted by Gasteiger charge is 2.29. The van der Waals surface area contributed by atoms with E-state index in [1.165, 1.54) is 43.4 Å². The van der Waals surface area contributed by atoms with Gasteiger partial charge in [0, 0.05) is 35.1 Å². The molecule has 10 rings (SSSR count). The largest absolute Gasteiger partial charge is 0.255 e. The summed E-state index contributed by atoms with van der Waals surface area (Å²) in [5.41, 5.74) is 10.5. The fourth-order valence-corrected chi connectivity index (χ4v) is 11.3. The molecule has 0 saturated heterocycles. The molecule has 0 fully saturated rings. The summed E-state index contributed by atoms with van der Waals surface area (Å²) in [7, 11) is 0. The number of hydrogen-bond donors (Lipinski definition) is 0. The molecule has 0 aliphatic rings. The predicted octanol–water partition coefficient (Wildman–Crippen LogP) is 13.9. The van der Waals surface area contributed by atoms with Gasteiger partial charge in [0.1, 0.15) is 26.2 Å². The molecule has 0 radical (unpaired) electrons. The molecule has 3 aromatic heterocycles. The maximum absolute atomic E-state index is 7.15. The summed E-state index contributed by atoms with van der Waals surface area (Å²) < 4.78 is 12.2. The van der Waals surface area contributed by atoms with E-state index in [2.05, 4.69) is 148 Å². The average Bonchev–Trinajstić information content (AvgIpc) is 3.90. The number of imidazole rings is 3. The summed E-state index contributed by atoms with van der Waals surface area (Å²) in [6.07, 6.45) is 7.69. The Balaban J connectivity index is 1.00. The zero-order valence-corrected chi connectivity index (χ0v) is 42.5. The number of nitrogens with zero attached hydrogens (tertiary/aromatic N) is 6. The summed E-state index contributed by atoms with van der Waals surface area (Å²) in [6.45, 7) is 9.92. The highest BCUT2D eigenvalue weighted by Crippen LogP contribution is 2.33. The van der Waals surface area contributed by atoms with Crippen LogP contribution < -0.4 is 13.7 Å². The summed E-state index contributed by atoms with van der Waals surface area (Å²) in [5.74, 6) is 0. The lowest BCUT2D eigenvalue weighted by Gasteiger charge is -2.20. The second-order valence-electron chi connectivity index (χ2n) is 17.7. The number of rotatable bonds is 14. The number of benzene rings is 7. The predicted molar refractivity (Wildman–Crippen MR) is 280 cm³/mol. The maximum atomic E-state index is 7.15. The van der Waals surface area contributed by atoms with Crippen molar-refractivity contribution in [3.8, 4) is 0 Å². The molecule has 342 valence electrons. The van der Waals surface area contributed by atoms with Crippen molar-refractivity contribution in [1.82, 2.24) is 13.7 Å². The van der Waals surface area contributed by atoms with Crippen LogP contribution in [0.1, 0.15) is 50.1 Å². The molecule has 0 amide bonds. The van der Waals surface area contributed by atoms with Gasteiger partial charge in [0.15, 0.2) is 0 Å². The topological polar surface area (TPSA) is 26.4 Å². The maximum Gasteiger partial charge on any atom is 0.255 e. The zero-order chi connectivity index (χ0) is 47.2. The van der Waals surface area contributed by atoms with Crippen molar-refractivity contribution in [2.24, 2.45) is 0 Å². The Kier molecular flexibility index (Phi) is 13.4. The van der Waals surface area contributed by atoms with Crippen LogP contribution in [0.4, 0.5) is 0 Å². The number of hydrogen-bond acceptors (Lipinski definition) is 0. The van der Waals surface area contributed by atoms with Gasteiger partial charge >= 0.3 is 0 Å². The molecule has 10 aromatic rings. The summed E-state index contributed by atoms with van der Waals surface area (Å²) in [5, 5.41) is 10.2. The SMILES string of the molecule is Cc1c(Cn2c[n+](Cc3cccc4ccccc34)c(Cl)c2Cl)c(C)c(C[n+]2cn(CCc3cccc4ccccc34)c(Cl)c2Cl)c(C)c1C[n+]1cn(CCc2cccc3ccccc23)c(Cl)c1Cl. The van der Waals surface area contributed by atoms with Gasteiger partial charge in [-0.2, -0.15) is 0 Å². The Labute approximate surface area is 426 Å². The molecular formula is C56H49Cl6N6+3. The second-order valence-corrected chi connectivity index (χ2v) is 19.9. The summed E-state index contributed by atoms with van der Waals surface area (Å²) in [4.78, 5) is 0. The normalized spacial score (nSPS) is 11.8. The van der Waals surface area contributed by atoms with Gasteiger partial charge in [-0.15, -0.1) is 0 Å². The van der Waals surface area contributed by atoms with Crippen molar-refractivity contribution >= 4 is 102 Å². The van der Waals surface area contributed by atoms with Crippen molar-refractivity contribution < 1.29 is 13.7 Å². The van der Waals surface area contributed by atoms with Gasteiger partial charge < -0.3 is 0 Å². The fraction of sp³-hybridized carbons (Fsp3) is 0.196. The van der Waals surface area contributed by atoms with Crippen LogP contribution in [0.2, 0.25) is 30.9 Å². The van der Waals surface area contributed by atoms with Crippen LogP contribution in [-0.2, 0) is 52.1 Å². The first-order valence-electron chi connectivity index (χ1n) is 22.8. The first kappa shape index (κ1) is 46.4. The van der Waals surface area contributed by atoms with Crippen molar-refractivity contribution in [1.29, 1.82) is 0 Å². The van der Waals surface area contributed by atoms with E-state index in [1.54, 1.807) is 0 Å². The van der Waals surface area contributed by atoms with E-state index in [9.17, 15) is 0 Å². The average molecular weight is 1020 g/mol. The Morgan fingerprint density at radius 2 is 0.706 bits per heavy atom. The molecule has 12 heteroatoms. The molecule has 3 heterocycles. The van der Waals surface area contributed by atoms with Crippen LogP contribution in [-0.4, -0.2) is 13.7 Å². The van der Waals surface area contributed by atoms with Gasteiger partial charge in [0.25, 0.3) is 30.9 Å². The lowest BCUT2D eigenvalue weighted by Crippen LogP contribution is -2.37. The lowest BCUT2D eigenvalue weighted by atomic mass is 9.87. The Hall–Kier alpha value is -5.31. The molecule has 0 N–H and O–H groups in total. The van der Waals surface area contributed by atoms with Crippen molar-refractivity contribution in [3.63, 3.8) is 0 Å². The van der Waals surface area contributed by atoms with E-state index in [4.69, 9.17) is 69.6 Å². The third kappa shape index (κ3) is 8.92. The third-order valence-corrected chi connectivity index (χ3v) is 16.5. The zero-order valence-electron chi connectivity index (χ0n) is 38.0. The lowest BCUT2D eigenvalue weighted by molar-refractivity contribution is -0.686.